The molecule has 0 saturated carbocycles. The van der Waals surface area contributed by atoms with Crippen LogP contribution in [0.5, 0.6) is 0 Å². The number of rotatable bonds is 4. The number of alkyl halides is 3. The second kappa shape index (κ2) is 5.92. The van der Waals surface area contributed by atoms with Crippen molar-refractivity contribution in [2.75, 3.05) is 26.0 Å². The lowest BCUT2D eigenvalue weighted by Crippen LogP contribution is -2.26. The Morgan fingerprint density at radius 2 is 2.05 bits per heavy atom. The molecular formula is C12H15F3N2O2. The van der Waals surface area contributed by atoms with Crippen molar-refractivity contribution in [2.24, 2.45) is 0 Å². The number of halogens is 3. The monoisotopic (exact) mass is 276 g/mol. The normalized spacial score (nSPS) is 11.3. The Hall–Kier alpha value is -1.76. The number of nitrogens with one attached hydrogen (secondary N) is 1. The molecule has 0 aliphatic heterocycles. The molecule has 0 aliphatic rings. The number of amides is 1. The maximum Gasteiger partial charge on any atom is 0.416 e. The van der Waals surface area contributed by atoms with E-state index in [-0.39, 0.29) is 11.3 Å². The quantitative estimate of drug-likeness (QED) is 0.860. The zero-order valence-electron chi connectivity index (χ0n) is 10.8. The predicted molar refractivity (Wildman–Crippen MR) is 64.7 cm³/mol. The maximum atomic E-state index is 12.6. The van der Waals surface area contributed by atoms with E-state index in [2.05, 4.69) is 5.32 Å². The highest BCUT2D eigenvalue weighted by Crippen LogP contribution is 2.32. The lowest BCUT2D eigenvalue weighted by molar-refractivity contribution is -0.137. The molecule has 1 amide bonds. The second-order valence-electron chi connectivity index (χ2n) is 3.77. The summed E-state index contributed by atoms with van der Waals surface area (Å²) in [6.07, 6.45) is -4.45. The smallest absolute Gasteiger partial charge is 0.385 e. The van der Waals surface area contributed by atoms with Crippen molar-refractivity contribution in [1.82, 2.24) is 5.06 Å². The third-order valence-electron chi connectivity index (χ3n) is 2.50. The average Bonchev–Trinajstić information content (AvgIpc) is 2.36. The first kappa shape index (κ1) is 15.3. The highest BCUT2D eigenvalue weighted by atomic mass is 19.4. The van der Waals surface area contributed by atoms with E-state index in [1.807, 2.05) is 0 Å². The van der Waals surface area contributed by atoms with Crippen molar-refractivity contribution < 1.29 is 22.8 Å². The Labute approximate surface area is 109 Å². The van der Waals surface area contributed by atoms with Crippen molar-refractivity contribution in [1.29, 1.82) is 0 Å². The van der Waals surface area contributed by atoms with Gasteiger partial charge in [-0.2, -0.15) is 13.2 Å². The third-order valence-corrected chi connectivity index (χ3v) is 2.50. The molecule has 0 bridgehead atoms. The van der Waals surface area contributed by atoms with E-state index in [1.54, 1.807) is 6.92 Å². The average molecular weight is 276 g/mol. The second-order valence-corrected chi connectivity index (χ2v) is 3.77. The lowest BCUT2D eigenvalue weighted by atomic mass is 10.1. The standard InChI is InChI=1S/C12H15F3N2O2/c1-4-16-10-7-8(12(13,14)15)5-6-9(10)11(18)17(2)19-3/h5-7,16H,4H2,1-3H3. The van der Waals surface area contributed by atoms with E-state index in [4.69, 9.17) is 4.84 Å². The first-order valence-corrected chi connectivity index (χ1v) is 5.58. The fourth-order valence-electron chi connectivity index (χ4n) is 1.50. The van der Waals surface area contributed by atoms with Crippen LogP contribution in [0, 0.1) is 0 Å². The maximum absolute atomic E-state index is 12.6. The van der Waals surface area contributed by atoms with Crippen molar-refractivity contribution >= 4 is 11.6 Å². The molecule has 0 saturated heterocycles. The van der Waals surface area contributed by atoms with Gasteiger partial charge in [0.15, 0.2) is 0 Å². The molecule has 1 aromatic carbocycles. The Morgan fingerprint density at radius 3 is 2.53 bits per heavy atom. The van der Waals surface area contributed by atoms with Crippen molar-refractivity contribution in [3.8, 4) is 0 Å². The molecule has 1 rings (SSSR count). The number of carbonyl (C=O) groups excluding carboxylic acids is 1. The van der Waals surface area contributed by atoms with Crippen molar-refractivity contribution in [2.45, 2.75) is 13.1 Å². The fourth-order valence-corrected chi connectivity index (χ4v) is 1.50. The fraction of sp³-hybridized carbons (Fsp3) is 0.417. The van der Waals surface area contributed by atoms with E-state index < -0.39 is 17.6 Å². The summed E-state index contributed by atoms with van der Waals surface area (Å²) in [7, 11) is 2.69. The van der Waals surface area contributed by atoms with Crippen LogP contribution in [-0.4, -0.2) is 31.7 Å². The Morgan fingerprint density at radius 1 is 1.42 bits per heavy atom. The van der Waals surface area contributed by atoms with Gasteiger partial charge in [0, 0.05) is 19.3 Å². The predicted octanol–water partition coefficient (Wildman–Crippen LogP) is 2.77. The molecule has 1 N–H and O–H groups in total. The number of hydrogen-bond donors (Lipinski definition) is 1. The molecule has 0 heterocycles. The SMILES string of the molecule is CCNc1cc(C(F)(F)F)ccc1C(=O)N(C)OC. The van der Waals surface area contributed by atoms with E-state index in [9.17, 15) is 18.0 Å². The zero-order chi connectivity index (χ0) is 14.6. The highest BCUT2D eigenvalue weighted by Gasteiger charge is 2.31. The van der Waals surface area contributed by atoms with E-state index in [0.29, 0.717) is 6.54 Å². The Balaban J connectivity index is 3.22. The Bertz CT molecular complexity index is 461. The van der Waals surface area contributed by atoms with E-state index in [0.717, 1.165) is 23.3 Å². The molecule has 0 spiro atoms. The van der Waals surface area contributed by atoms with Crippen LogP contribution < -0.4 is 5.32 Å². The van der Waals surface area contributed by atoms with Crippen LogP contribution in [0.3, 0.4) is 0 Å². The van der Waals surface area contributed by atoms with Crippen molar-refractivity contribution in [3.63, 3.8) is 0 Å². The summed E-state index contributed by atoms with van der Waals surface area (Å²) in [5, 5.41) is 3.69. The topological polar surface area (TPSA) is 41.6 Å². The lowest BCUT2D eigenvalue weighted by Gasteiger charge is -2.18. The van der Waals surface area contributed by atoms with Gasteiger partial charge in [-0.15, -0.1) is 0 Å². The van der Waals surface area contributed by atoms with Crippen LogP contribution in [0.25, 0.3) is 0 Å². The molecule has 0 aliphatic carbocycles. The molecule has 1 aromatic rings. The minimum Gasteiger partial charge on any atom is -0.385 e. The molecule has 7 heteroatoms. The van der Waals surface area contributed by atoms with Gasteiger partial charge in [-0.05, 0) is 25.1 Å². The summed E-state index contributed by atoms with van der Waals surface area (Å²) in [5.74, 6) is -0.521. The summed E-state index contributed by atoms with van der Waals surface area (Å²) >= 11 is 0. The summed E-state index contributed by atoms with van der Waals surface area (Å²) in [6.45, 7) is 2.13. The Kier molecular flexibility index (Phi) is 4.77. The highest BCUT2D eigenvalue weighted by molar-refractivity contribution is 5.99. The van der Waals surface area contributed by atoms with Gasteiger partial charge in [0.2, 0.25) is 0 Å². The molecule has 4 nitrogen and oxygen atoms in total. The van der Waals surface area contributed by atoms with Gasteiger partial charge in [-0.3, -0.25) is 9.63 Å². The number of hydroxylamine groups is 2. The number of benzene rings is 1. The molecule has 0 unspecified atom stereocenters. The summed E-state index contributed by atoms with van der Waals surface area (Å²) < 4.78 is 37.9. The van der Waals surface area contributed by atoms with Gasteiger partial charge in [-0.1, -0.05) is 0 Å². The van der Waals surface area contributed by atoms with Gasteiger partial charge in [0.25, 0.3) is 5.91 Å². The van der Waals surface area contributed by atoms with Gasteiger partial charge >= 0.3 is 6.18 Å². The van der Waals surface area contributed by atoms with Gasteiger partial charge < -0.3 is 5.32 Å². The van der Waals surface area contributed by atoms with Gasteiger partial charge in [0.1, 0.15) is 0 Å². The molecule has 106 valence electrons. The van der Waals surface area contributed by atoms with Crippen LogP contribution in [-0.2, 0) is 11.0 Å². The van der Waals surface area contributed by atoms with Crippen molar-refractivity contribution in [3.05, 3.63) is 29.3 Å². The number of carbonyl (C=O) groups is 1. The van der Waals surface area contributed by atoms with Gasteiger partial charge in [-0.25, -0.2) is 5.06 Å². The third kappa shape index (κ3) is 3.60. The minimum absolute atomic E-state index is 0.124. The molecule has 0 aromatic heterocycles. The largest absolute Gasteiger partial charge is 0.416 e. The van der Waals surface area contributed by atoms with Gasteiger partial charge in [0.05, 0.1) is 18.2 Å². The molecular weight excluding hydrogens is 261 g/mol. The van der Waals surface area contributed by atoms with E-state index in [1.165, 1.54) is 14.2 Å². The first-order valence-electron chi connectivity index (χ1n) is 5.58. The first-order chi connectivity index (χ1) is 8.81. The summed E-state index contributed by atoms with van der Waals surface area (Å²) in [4.78, 5) is 16.6. The van der Waals surface area contributed by atoms with Crippen LogP contribution in [0.1, 0.15) is 22.8 Å². The van der Waals surface area contributed by atoms with Crippen LogP contribution in [0.4, 0.5) is 18.9 Å². The van der Waals surface area contributed by atoms with Crippen LogP contribution in [0.15, 0.2) is 18.2 Å². The molecule has 19 heavy (non-hydrogen) atoms. The van der Waals surface area contributed by atoms with Crippen LogP contribution >= 0.6 is 0 Å². The minimum atomic E-state index is -4.45. The molecule has 0 fully saturated rings. The molecule has 0 radical (unpaired) electrons. The molecule has 0 atom stereocenters. The van der Waals surface area contributed by atoms with Crippen LogP contribution in [0.2, 0.25) is 0 Å². The summed E-state index contributed by atoms with van der Waals surface area (Å²) in [6, 6.07) is 2.93. The van der Waals surface area contributed by atoms with E-state index >= 15 is 0 Å². The zero-order valence-corrected chi connectivity index (χ0v) is 10.8. The number of anilines is 1. The summed E-state index contributed by atoms with van der Waals surface area (Å²) in [5.41, 5.74) is -0.550. The number of hydrogen-bond acceptors (Lipinski definition) is 3. The number of nitrogens with zero attached hydrogens (tertiary/aromatic N) is 1.